The summed E-state index contributed by atoms with van der Waals surface area (Å²) in [7, 11) is 0. The molecule has 2 nitrogen and oxygen atoms in total. The number of hydrogen-bond acceptors (Lipinski definition) is 2. The van der Waals surface area contributed by atoms with Crippen molar-refractivity contribution in [1.29, 1.82) is 0 Å². The molecule has 0 saturated carbocycles. The van der Waals surface area contributed by atoms with Crippen molar-refractivity contribution >= 4 is 0 Å². The van der Waals surface area contributed by atoms with Gasteiger partial charge in [-0.15, -0.1) is 0 Å². The molecule has 0 bridgehead atoms. The second-order valence-electron chi connectivity index (χ2n) is 4.23. The van der Waals surface area contributed by atoms with Crippen molar-refractivity contribution in [2.75, 3.05) is 6.61 Å². The van der Waals surface area contributed by atoms with Crippen LogP contribution in [0.2, 0.25) is 0 Å². The average molecular weight is 207 g/mol. The normalized spacial score (nSPS) is 10.7. The summed E-state index contributed by atoms with van der Waals surface area (Å²) in [6.07, 6.45) is 2.34. The van der Waals surface area contributed by atoms with Gasteiger partial charge in [0, 0.05) is 6.54 Å². The van der Waals surface area contributed by atoms with Crippen molar-refractivity contribution in [2.24, 2.45) is 11.7 Å². The minimum Gasteiger partial charge on any atom is -0.494 e. The third-order valence-corrected chi connectivity index (χ3v) is 2.35. The molecule has 0 aliphatic rings. The second-order valence-corrected chi connectivity index (χ2v) is 4.23. The molecular weight excluding hydrogens is 186 g/mol. The van der Waals surface area contributed by atoms with E-state index in [0.717, 1.165) is 30.3 Å². The zero-order chi connectivity index (χ0) is 11.1. The highest BCUT2D eigenvalue weighted by atomic mass is 16.5. The molecule has 0 spiro atoms. The monoisotopic (exact) mass is 207 g/mol. The fourth-order valence-electron chi connectivity index (χ4n) is 1.40. The van der Waals surface area contributed by atoms with Gasteiger partial charge in [-0.1, -0.05) is 26.0 Å². The van der Waals surface area contributed by atoms with Crippen LogP contribution >= 0.6 is 0 Å². The summed E-state index contributed by atoms with van der Waals surface area (Å²) >= 11 is 0. The van der Waals surface area contributed by atoms with Crippen LogP contribution in [0.5, 0.6) is 5.75 Å². The summed E-state index contributed by atoms with van der Waals surface area (Å²) in [4.78, 5) is 0. The van der Waals surface area contributed by atoms with Crippen LogP contribution in [0.3, 0.4) is 0 Å². The Balaban J connectivity index is 2.25. The Morgan fingerprint density at radius 3 is 2.40 bits per heavy atom. The Morgan fingerprint density at radius 1 is 1.20 bits per heavy atom. The number of rotatable bonds is 6. The van der Waals surface area contributed by atoms with Gasteiger partial charge in [0.15, 0.2) is 0 Å². The first kappa shape index (κ1) is 12.1. The van der Waals surface area contributed by atoms with Crippen LogP contribution in [0.1, 0.15) is 32.3 Å². The fraction of sp³-hybridized carbons (Fsp3) is 0.538. The Kier molecular flexibility index (Phi) is 5.19. The number of ether oxygens (including phenoxy) is 1. The SMILES string of the molecule is CC(C)CCCOc1ccc(CN)cc1. The van der Waals surface area contributed by atoms with Gasteiger partial charge in [0.2, 0.25) is 0 Å². The highest BCUT2D eigenvalue weighted by Crippen LogP contribution is 2.13. The predicted molar refractivity (Wildman–Crippen MR) is 63.9 cm³/mol. The van der Waals surface area contributed by atoms with Crippen LogP contribution in [-0.4, -0.2) is 6.61 Å². The van der Waals surface area contributed by atoms with E-state index in [0.29, 0.717) is 6.54 Å². The Hall–Kier alpha value is -1.02. The summed E-state index contributed by atoms with van der Waals surface area (Å²) < 4.78 is 5.62. The fourth-order valence-corrected chi connectivity index (χ4v) is 1.40. The first-order valence-corrected chi connectivity index (χ1v) is 5.64. The van der Waals surface area contributed by atoms with E-state index in [-0.39, 0.29) is 0 Å². The number of hydrogen-bond donors (Lipinski definition) is 1. The highest BCUT2D eigenvalue weighted by molar-refractivity contribution is 5.26. The lowest BCUT2D eigenvalue weighted by Gasteiger charge is -2.07. The molecule has 0 radical (unpaired) electrons. The molecule has 2 heteroatoms. The molecule has 0 aliphatic carbocycles. The molecule has 0 aromatic heterocycles. The molecule has 1 aromatic carbocycles. The van der Waals surface area contributed by atoms with Gasteiger partial charge in [0.25, 0.3) is 0 Å². The third-order valence-electron chi connectivity index (χ3n) is 2.35. The van der Waals surface area contributed by atoms with E-state index in [1.807, 2.05) is 24.3 Å². The van der Waals surface area contributed by atoms with Gasteiger partial charge in [-0.05, 0) is 36.5 Å². The van der Waals surface area contributed by atoms with E-state index in [9.17, 15) is 0 Å². The molecule has 1 aromatic rings. The first-order chi connectivity index (χ1) is 7.22. The lowest BCUT2D eigenvalue weighted by Crippen LogP contribution is -2.00. The molecule has 0 saturated heterocycles. The van der Waals surface area contributed by atoms with Gasteiger partial charge in [0.1, 0.15) is 5.75 Å². The summed E-state index contributed by atoms with van der Waals surface area (Å²) in [6.45, 7) is 5.86. The van der Waals surface area contributed by atoms with E-state index >= 15 is 0 Å². The number of benzene rings is 1. The smallest absolute Gasteiger partial charge is 0.119 e. The van der Waals surface area contributed by atoms with E-state index < -0.39 is 0 Å². The summed E-state index contributed by atoms with van der Waals surface area (Å²) in [5.41, 5.74) is 6.66. The Bertz CT molecular complexity index is 266. The van der Waals surface area contributed by atoms with Gasteiger partial charge >= 0.3 is 0 Å². The van der Waals surface area contributed by atoms with Gasteiger partial charge in [-0.3, -0.25) is 0 Å². The van der Waals surface area contributed by atoms with Gasteiger partial charge < -0.3 is 10.5 Å². The Morgan fingerprint density at radius 2 is 1.87 bits per heavy atom. The van der Waals surface area contributed by atoms with Crippen molar-refractivity contribution in [1.82, 2.24) is 0 Å². The molecule has 0 aliphatic heterocycles. The van der Waals surface area contributed by atoms with Crippen LogP contribution in [0.4, 0.5) is 0 Å². The van der Waals surface area contributed by atoms with Crippen LogP contribution in [0.15, 0.2) is 24.3 Å². The van der Waals surface area contributed by atoms with Crippen LogP contribution in [0.25, 0.3) is 0 Å². The molecule has 1 rings (SSSR count). The summed E-state index contributed by atoms with van der Waals surface area (Å²) in [6, 6.07) is 7.99. The molecule has 15 heavy (non-hydrogen) atoms. The number of nitrogens with two attached hydrogens (primary N) is 1. The lowest BCUT2D eigenvalue weighted by molar-refractivity contribution is 0.297. The largest absolute Gasteiger partial charge is 0.494 e. The van der Waals surface area contributed by atoms with Gasteiger partial charge in [0.05, 0.1) is 6.61 Å². The molecule has 0 atom stereocenters. The standard InChI is InChI=1S/C13H21NO/c1-11(2)4-3-9-15-13-7-5-12(10-14)6-8-13/h5-8,11H,3-4,9-10,14H2,1-2H3. The average Bonchev–Trinajstić information content (AvgIpc) is 2.25. The van der Waals surface area contributed by atoms with Crippen LogP contribution in [-0.2, 0) is 6.54 Å². The maximum atomic E-state index is 5.62. The first-order valence-electron chi connectivity index (χ1n) is 5.64. The topological polar surface area (TPSA) is 35.2 Å². The minimum absolute atomic E-state index is 0.591. The van der Waals surface area contributed by atoms with Gasteiger partial charge in [-0.25, -0.2) is 0 Å². The zero-order valence-corrected chi connectivity index (χ0v) is 9.70. The quantitative estimate of drug-likeness (QED) is 0.728. The molecule has 0 amide bonds. The molecule has 0 unspecified atom stereocenters. The van der Waals surface area contributed by atoms with Crippen LogP contribution in [0, 0.1) is 5.92 Å². The predicted octanol–water partition coefficient (Wildman–Crippen LogP) is 2.96. The lowest BCUT2D eigenvalue weighted by atomic mass is 10.1. The molecular formula is C13H21NO. The van der Waals surface area contributed by atoms with E-state index in [1.54, 1.807) is 0 Å². The van der Waals surface area contributed by atoms with Crippen LogP contribution < -0.4 is 10.5 Å². The van der Waals surface area contributed by atoms with Crippen molar-refractivity contribution in [3.63, 3.8) is 0 Å². The zero-order valence-electron chi connectivity index (χ0n) is 9.70. The van der Waals surface area contributed by atoms with Crippen molar-refractivity contribution in [2.45, 2.75) is 33.2 Å². The summed E-state index contributed by atoms with van der Waals surface area (Å²) in [5.74, 6) is 1.70. The third kappa shape index (κ3) is 4.84. The highest BCUT2D eigenvalue weighted by Gasteiger charge is 1.96. The van der Waals surface area contributed by atoms with E-state index in [2.05, 4.69) is 13.8 Å². The molecule has 0 heterocycles. The second kappa shape index (κ2) is 6.46. The maximum Gasteiger partial charge on any atom is 0.119 e. The van der Waals surface area contributed by atoms with Crippen molar-refractivity contribution in [3.05, 3.63) is 29.8 Å². The Labute approximate surface area is 92.4 Å². The van der Waals surface area contributed by atoms with Crippen molar-refractivity contribution < 1.29 is 4.74 Å². The minimum atomic E-state index is 0.591. The van der Waals surface area contributed by atoms with Crippen molar-refractivity contribution in [3.8, 4) is 5.75 Å². The molecule has 0 fully saturated rings. The molecule has 84 valence electrons. The maximum absolute atomic E-state index is 5.62. The van der Waals surface area contributed by atoms with E-state index in [1.165, 1.54) is 6.42 Å². The summed E-state index contributed by atoms with van der Waals surface area (Å²) in [5, 5.41) is 0. The molecule has 2 N–H and O–H groups in total. The van der Waals surface area contributed by atoms with Gasteiger partial charge in [-0.2, -0.15) is 0 Å². The van der Waals surface area contributed by atoms with E-state index in [4.69, 9.17) is 10.5 Å².